The summed E-state index contributed by atoms with van der Waals surface area (Å²) in [6, 6.07) is 0. The molecule has 17 heteroatoms. The quantitative estimate of drug-likeness (QED) is 0.197. The van der Waals surface area contributed by atoms with Gasteiger partial charge in [0.05, 0.1) is 31.0 Å². The second kappa shape index (κ2) is 10.1. The molecule has 0 aliphatic carbocycles. The summed E-state index contributed by atoms with van der Waals surface area (Å²) in [5.41, 5.74) is -3.03. The van der Waals surface area contributed by atoms with Crippen LogP contribution in [0.5, 0.6) is 0 Å². The Morgan fingerprint density at radius 3 is 1.44 bits per heavy atom. The molecular formula is C19H23F13O4. The highest BCUT2D eigenvalue weighted by molar-refractivity contribution is 5.80. The first kappa shape index (κ1) is 34.0. The van der Waals surface area contributed by atoms with Crippen LogP contribution in [0.2, 0.25) is 0 Å². The van der Waals surface area contributed by atoms with Crippen molar-refractivity contribution in [1.29, 1.82) is 0 Å². The van der Waals surface area contributed by atoms with E-state index >= 15 is 0 Å². The number of esters is 2. The van der Waals surface area contributed by atoms with Crippen LogP contribution in [-0.2, 0) is 19.1 Å². The van der Waals surface area contributed by atoms with Crippen molar-refractivity contribution in [2.45, 2.75) is 82.7 Å². The molecule has 0 heterocycles. The minimum Gasteiger partial charge on any atom is -0.469 e. The number of carbonyl (C=O) groups is 2. The van der Waals surface area contributed by atoms with Gasteiger partial charge in [-0.05, 0) is 33.6 Å². The van der Waals surface area contributed by atoms with E-state index < -0.39 is 71.6 Å². The summed E-state index contributed by atoms with van der Waals surface area (Å²) in [5.74, 6) is -39.8. The van der Waals surface area contributed by atoms with Crippen molar-refractivity contribution in [3.8, 4) is 0 Å². The molecule has 0 N–H and O–H groups in total. The Balaban J connectivity index is 5.73. The molecule has 214 valence electrons. The van der Waals surface area contributed by atoms with Crippen molar-refractivity contribution in [3.05, 3.63) is 0 Å². The zero-order chi connectivity index (χ0) is 29.4. The van der Waals surface area contributed by atoms with Crippen molar-refractivity contribution in [1.82, 2.24) is 0 Å². The van der Waals surface area contributed by atoms with Crippen molar-refractivity contribution < 1.29 is 76.1 Å². The Morgan fingerprint density at radius 2 is 1.08 bits per heavy atom. The molecule has 0 amide bonds. The number of hydrogen-bond donors (Lipinski definition) is 0. The van der Waals surface area contributed by atoms with E-state index in [4.69, 9.17) is 0 Å². The van der Waals surface area contributed by atoms with E-state index in [-0.39, 0.29) is 12.8 Å². The summed E-state index contributed by atoms with van der Waals surface area (Å²) >= 11 is 0. The Bertz CT molecular complexity index is 806. The monoisotopic (exact) mass is 562 g/mol. The molecule has 0 spiro atoms. The summed E-state index contributed by atoms with van der Waals surface area (Å²) in [6.07, 6.45) is -10.4. The summed E-state index contributed by atoms with van der Waals surface area (Å²) in [6.45, 7) is 3.24. The van der Waals surface area contributed by atoms with Crippen LogP contribution in [-0.4, -0.2) is 61.4 Å². The molecule has 0 aliphatic rings. The number of rotatable bonds is 12. The molecule has 0 saturated heterocycles. The highest BCUT2D eigenvalue weighted by Crippen LogP contribution is 2.60. The maximum atomic E-state index is 13.8. The van der Waals surface area contributed by atoms with E-state index in [2.05, 4.69) is 9.47 Å². The van der Waals surface area contributed by atoms with Crippen molar-refractivity contribution in [2.75, 3.05) is 13.7 Å². The van der Waals surface area contributed by atoms with E-state index in [0.717, 1.165) is 21.0 Å². The van der Waals surface area contributed by atoms with E-state index in [1.54, 1.807) is 0 Å². The molecule has 0 aromatic carbocycles. The third-order valence-electron chi connectivity index (χ3n) is 5.49. The van der Waals surface area contributed by atoms with Crippen LogP contribution in [0, 0.1) is 10.8 Å². The zero-order valence-corrected chi connectivity index (χ0v) is 19.4. The van der Waals surface area contributed by atoms with Crippen LogP contribution in [0.4, 0.5) is 57.1 Å². The Hall–Kier alpha value is -1.97. The van der Waals surface area contributed by atoms with Crippen LogP contribution < -0.4 is 0 Å². The molecule has 0 rings (SSSR count). The molecule has 0 aromatic rings. The first-order chi connectivity index (χ1) is 15.6. The standard InChI is InChI=1S/C19H23F13O4/c1-6-13(4,11(34)35-5)9-12(2,3)10(33)36-8-7-14(20,21)15(22,23)16(24,25)17(26,27)18(28,29)19(30,31)32/h6-9H2,1-5H3. The van der Waals surface area contributed by atoms with Gasteiger partial charge in [-0.2, -0.15) is 57.1 Å². The third kappa shape index (κ3) is 5.78. The van der Waals surface area contributed by atoms with Gasteiger partial charge in [0.1, 0.15) is 0 Å². The molecule has 1 unspecified atom stereocenters. The van der Waals surface area contributed by atoms with Crippen molar-refractivity contribution >= 4 is 11.9 Å². The van der Waals surface area contributed by atoms with Crippen LogP contribution in [0.25, 0.3) is 0 Å². The summed E-state index contributed by atoms with van der Waals surface area (Å²) in [7, 11) is 1.02. The summed E-state index contributed by atoms with van der Waals surface area (Å²) in [5, 5.41) is 0. The number of methoxy groups -OCH3 is 1. The fourth-order valence-electron chi connectivity index (χ4n) is 3.06. The predicted molar refractivity (Wildman–Crippen MR) is 95.2 cm³/mol. The van der Waals surface area contributed by atoms with E-state index in [1.165, 1.54) is 13.8 Å². The minimum atomic E-state index is -8.00. The average molecular weight is 562 g/mol. The Labute approximate surface area is 196 Å². The molecular weight excluding hydrogens is 539 g/mol. The van der Waals surface area contributed by atoms with Crippen LogP contribution in [0.15, 0.2) is 0 Å². The second-order valence-corrected chi connectivity index (χ2v) is 8.85. The van der Waals surface area contributed by atoms with Gasteiger partial charge in [-0.25, -0.2) is 0 Å². The van der Waals surface area contributed by atoms with Gasteiger partial charge in [0.15, 0.2) is 0 Å². The molecule has 36 heavy (non-hydrogen) atoms. The second-order valence-electron chi connectivity index (χ2n) is 8.85. The zero-order valence-electron chi connectivity index (χ0n) is 19.4. The lowest BCUT2D eigenvalue weighted by Crippen LogP contribution is -2.70. The lowest BCUT2D eigenvalue weighted by Gasteiger charge is -2.39. The molecule has 4 nitrogen and oxygen atoms in total. The topological polar surface area (TPSA) is 52.6 Å². The van der Waals surface area contributed by atoms with Gasteiger partial charge in [0.2, 0.25) is 0 Å². The predicted octanol–water partition coefficient (Wildman–Crippen LogP) is 6.66. The molecule has 0 saturated carbocycles. The third-order valence-corrected chi connectivity index (χ3v) is 5.49. The van der Waals surface area contributed by atoms with Crippen LogP contribution >= 0.6 is 0 Å². The number of hydrogen-bond acceptors (Lipinski definition) is 4. The summed E-state index contributed by atoms with van der Waals surface area (Å²) in [4.78, 5) is 24.1. The Kier molecular flexibility index (Phi) is 9.51. The minimum absolute atomic E-state index is 0.0898. The maximum absolute atomic E-state index is 13.8. The van der Waals surface area contributed by atoms with Gasteiger partial charge in [-0.3, -0.25) is 9.59 Å². The SMILES string of the molecule is CCC(C)(CC(C)(C)C(=O)OCCC(F)(F)C(F)(F)C(F)(F)C(F)(F)C(F)(F)C(F)(F)F)C(=O)OC. The van der Waals surface area contributed by atoms with Gasteiger partial charge < -0.3 is 9.47 Å². The molecule has 0 bridgehead atoms. The van der Waals surface area contributed by atoms with Crippen molar-refractivity contribution in [3.63, 3.8) is 0 Å². The Morgan fingerprint density at radius 1 is 0.667 bits per heavy atom. The maximum Gasteiger partial charge on any atom is 0.460 e. The first-order valence-electron chi connectivity index (χ1n) is 9.84. The smallest absolute Gasteiger partial charge is 0.460 e. The van der Waals surface area contributed by atoms with Crippen LogP contribution in [0.1, 0.15) is 47.0 Å². The van der Waals surface area contributed by atoms with E-state index in [0.29, 0.717) is 0 Å². The van der Waals surface area contributed by atoms with Gasteiger partial charge in [0, 0.05) is 0 Å². The largest absolute Gasteiger partial charge is 0.469 e. The van der Waals surface area contributed by atoms with Crippen LogP contribution in [0.3, 0.4) is 0 Å². The fourth-order valence-corrected chi connectivity index (χ4v) is 3.06. The van der Waals surface area contributed by atoms with E-state index in [1.807, 2.05) is 0 Å². The lowest BCUT2D eigenvalue weighted by molar-refractivity contribution is -0.440. The normalized spacial score (nSPS) is 16.4. The number of carbonyl (C=O) groups excluding carboxylic acids is 2. The molecule has 1 atom stereocenters. The van der Waals surface area contributed by atoms with Gasteiger partial charge in [-0.15, -0.1) is 0 Å². The van der Waals surface area contributed by atoms with Gasteiger partial charge in [0.25, 0.3) is 0 Å². The number of halogens is 13. The van der Waals surface area contributed by atoms with Crippen molar-refractivity contribution in [2.24, 2.45) is 10.8 Å². The average Bonchev–Trinajstić information content (AvgIpc) is 2.70. The lowest BCUT2D eigenvalue weighted by atomic mass is 9.72. The number of alkyl halides is 13. The molecule has 0 fully saturated rings. The highest BCUT2D eigenvalue weighted by atomic mass is 19.4. The van der Waals surface area contributed by atoms with Gasteiger partial charge >= 0.3 is 47.7 Å². The highest BCUT2D eigenvalue weighted by Gasteiger charge is 2.90. The van der Waals surface area contributed by atoms with E-state index in [9.17, 15) is 66.7 Å². The fraction of sp³-hybridized carbons (Fsp3) is 0.895. The van der Waals surface area contributed by atoms with Gasteiger partial charge in [-0.1, -0.05) is 6.92 Å². The first-order valence-corrected chi connectivity index (χ1v) is 9.84. The molecule has 0 aliphatic heterocycles. The number of ether oxygens (including phenoxy) is 2. The summed E-state index contributed by atoms with van der Waals surface area (Å²) < 4.78 is 179. The molecule has 0 aromatic heterocycles. The molecule has 0 radical (unpaired) electrons.